The predicted molar refractivity (Wildman–Crippen MR) is 68.4 cm³/mol. The number of rotatable bonds is 2. The minimum Gasteiger partial charge on any atom is -0.508 e. The Morgan fingerprint density at radius 2 is 2.28 bits per heavy atom. The van der Waals surface area contributed by atoms with Crippen molar-refractivity contribution in [3.8, 4) is 5.75 Å². The molecule has 4 heteroatoms. The average Bonchev–Trinajstić information content (AvgIpc) is 2.32. The van der Waals surface area contributed by atoms with Crippen molar-refractivity contribution in [1.29, 1.82) is 0 Å². The van der Waals surface area contributed by atoms with E-state index < -0.39 is 0 Å². The summed E-state index contributed by atoms with van der Waals surface area (Å²) in [4.78, 5) is 14.1. The smallest absolute Gasteiger partial charge is 0.227 e. The van der Waals surface area contributed by atoms with Crippen molar-refractivity contribution >= 4 is 5.91 Å². The van der Waals surface area contributed by atoms with Gasteiger partial charge in [0.2, 0.25) is 5.91 Å². The van der Waals surface area contributed by atoms with Gasteiger partial charge in [-0.15, -0.1) is 0 Å². The molecule has 2 unspecified atom stereocenters. The van der Waals surface area contributed by atoms with Gasteiger partial charge in [0.05, 0.1) is 25.2 Å². The molecule has 0 radical (unpaired) electrons. The summed E-state index contributed by atoms with van der Waals surface area (Å²) in [6.45, 7) is 5.19. The number of ether oxygens (including phenoxy) is 1. The first-order valence-corrected chi connectivity index (χ1v) is 6.25. The summed E-state index contributed by atoms with van der Waals surface area (Å²) in [6.07, 6.45) is 0.417. The topological polar surface area (TPSA) is 49.8 Å². The molecule has 0 spiro atoms. The van der Waals surface area contributed by atoms with Gasteiger partial charge >= 0.3 is 0 Å². The van der Waals surface area contributed by atoms with Gasteiger partial charge in [-0.25, -0.2) is 0 Å². The highest BCUT2D eigenvalue weighted by Crippen LogP contribution is 2.16. The fourth-order valence-corrected chi connectivity index (χ4v) is 2.19. The highest BCUT2D eigenvalue weighted by atomic mass is 16.5. The van der Waals surface area contributed by atoms with Crippen LogP contribution in [0.5, 0.6) is 5.75 Å². The first-order valence-electron chi connectivity index (χ1n) is 6.25. The zero-order valence-corrected chi connectivity index (χ0v) is 10.8. The highest BCUT2D eigenvalue weighted by molar-refractivity contribution is 5.79. The van der Waals surface area contributed by atoms with Gasteiger partial charge < -0.3 is 14.7 Å². The first kappa shape index (κ1) is 12.9. The lowest BCUT2D eigenvalue weighted by atomic mass is 10.1. The number of aromatic hydroxyl groups is 1. The number of morpholine rings is 1. The van der Waals surface area contributed by atoms with Crippen LogP contribution in [0.3, 0.4) is 0 Å². The second-order valence-corrected chi connectivity index (χ2v) is 4.89. The third-order valence-electron chi connectivity index (χ3n) is 3.19. The van der Waals surface area contributed by atoms with Crippen molar-refractivity contribution in [1.82, 2.24) is 4.90 Å². The Morgan fingerprint density at radius 3 is 3.00 bits per heavy atom. The lowest BCUT2D eigenvalue weighted by Crippen LogP contribution is -2.50. The zero-order valence-electron chi connectivity index (χ0n) is 10.8. The number of phenols is 1. The number of hydrogen-bond acceptors (Lipinski definition) is 3. The Kier molecular flexibility index (Phi) is 3.87. The van der Waals surface area contributed by atoms with Crippen LogP contribution in [0, 0.1) is 0 Å². The van der Waals surface area contributed by atoms with Gasteiger partial charge in [-0.05, 0) is 31.5 Å². The highest BCUT2D eigenvalue weighted by Gasteiger charge is 2.27. The molecule has 1 aliphatic heterocycles. The van der Waals surface area contributed by atoms with Crippen molar-refractivity contribution in [2.45, 2.75) is 32.4 Å². The summed E-state index contributed by atoms with van der Waals surface area (Å²) in [6, 6.07) is 6.96. The maximum Gasteiger partial charge on any atom is 0.227 e. The second-order valence-electron chi connectivity index (χ2n) is 4.89. The Hall–Kier alpha value is -1.55. The number of hydrogen-bond donors (Lipinski definition) is 1. The van der Waals surface area contributed by atoms with E-state index in [0.717, 1.165) is 5.56 Å². The molecular weight excluding hydrogens is 230 g/mol. The summed E-state index contributed by atoms with van der Waals surface area (Å²) >= 11 is 0. The quantitative estimate of drug-likeness (QED) is 0.865. The van der Waals surface area contributed by atoms with Gasteiger partial charge in [-0.3, -0.25) is 4.79 Å². The van der Waals surface area contributed by atoms with Crippen LogP contribution in [-0.2, 0) is 16.0 Å². The third-order valence-corrected chi connectivity index (χ3v) is 3.19. The minimum atomic E-state index is 0.0863. The van der Waals surface area contributed by atoms with Crippen LogP contribution in [0.4, 0.5) is 0 Å². The monoisotopic (exact) mass is 249 g/mol. The Bertz CT molecular complexity index is 433. The van der Waals surface area contributed by atoms with Crippen molar-refractivity contribution in [2.24, 2.45) is 0 Å². The van der Waals surface area contributed by atoms with E-state index in [-0.39, 0.29) is 23.8 Å². The summed E-state index contributed by atoms with van der Waals surface area (Å²) < 4.78 is 5.51. The number of amides is 1. The normalized spacial score (nSPS) is 24.0. The maximum atomic E-state index is 12.2. The first-order chi connectivity index (χ1) is 8.56. The van der Waals surface area contributed by atoms with E-state index in [1.54, 1.807) is 18.2 Å². The molecule has 1 heterocycles. The molecule has 4 nitrogen and oxygen atoms in total. The molecular formula is C14H19NO3. The van der Waals surface area contributed by atoms with Gasteiger partial charge in [-0.2, -0.15) is 0 Å². The van der Waals surface area contributed by atoms with Crippen LogP contribution in [0.1, 0.15) is 19.4 Å². The number of nitrogens with zero attached hydrogens (tertiary/aromatic N) is 1. The Morgan fingerprint density at radius 1 is 1.50 bits per heavy atom. The molecule has 1 aromatic rings. The lowest BCUT2D eigenvalue weighted by Gasteiger charge is -2.36. The fraction of sp³-hybridized carbons (Fsp3) is 0.500. The van der Waals surface area contributed by atoms with Crippen LogP contribution in [-0.4, -0.2) is 41.2 Å². The molecule has 1 fully saturated rings. The van der Waals surface area contributed by atoms with Crippen LogP contribution in [0.2, 0.25) is 0 Å². The van der Waals surface area contributed by atoms with Crippen molar-refractivity contribution in [3.05, 3.63) is 29.8 Å². The standard InChI is InChI=1S/C14H19NO3/c1-10-9-18-11(2)8-15(10)14(17)7-12-4-3-5-13(16)6-12/h3-6,10-11,16H,7-9H2,1-2H3. The van der Waals surface area contributed by atoms with Crippen molar-refractivity contribution < 1.29 is 14.6 Å². The molecule has 18 heavy (non-hydrogen) atoms. The molecule has 0 saturated carbocycles. The molecule has 1 aromatic carbocycles. The van der Waals surface area contributed by atoms with Gasteiger partial charge in [0.15, 0.2) is 0 Å². The van der Waals surface area contributed by atoms with Gasteiger partial charge in [-0.1, -0.05) is 12.1 Å². The van der Waals surface area contributed by atoms with E-state index in [9.17, 15) is 9.90 Å². The number of carbonyl (C=O) groups is 1. The number of carbonyl (C=O) groups excluding carboxylic acids is 1. The summed E-state index contributed by atoms with van der Waals surface area (Å²) in [5.74, 6) is 0.284. The predicted octanol–water partition coefficient (Wildman–Crippen LogP) is 1.57. The largest absolute Gasteiger partial charge is 0.508 e. The SMILES string of the molecule is CC1CN(C(=O)Cc2cccc(O)c2)C(C)CO1. The van der Waals surface area contributed by atoms with Crippen LogP contribution < -0.4 is 0 Å². The van der Waals surface area contributed by atoms with E-state index in [2.05, 4.69) is 0 Å². The molecule has 1 amide bonds. The molecule has 2 atom stereocenters. The maximum absolute atomic E-state index is 12.2. The third kappa shape index (κ3) is 3.01. The molecule has 98 valence electrons. The van der Waals surface area contributed by atoms with Gasteiger partial charge in [0, 0.05) is 6.54 Å². The fourth-order valence-electron chi connectivity index (χ4n) is 2.19. The molecule has 1 N–H and O–H groups in total. The lowest BCUT2D eigenvalue weighted by molar-refractivity contribution is -0.142. The zero-order chi connectivity index (χ0) is 13.1. The Labute approximate surface area is 107 Å². The number of phenolic OH excluding ortho intramolecular Hbond substituents is 1. The molecule has 0 aromatic heterocycles. The molecule has 0 bridgehead atoms. The van der Waals surface area contributed by atoms with Crippen LogP contribution in [0.25, 0.3) is 0 Å². The van der Waals surface area contributed by atoms with Crippen LogP contribution in [0.15, 0.2) is 24.3 Å². The summed E-state index contributed by atoms with van der Waals surface area (Å²) in [5.41, 5.74) is 0.839. The minimum absolute atomic E-state index is 0.0863. The molecule has 2 rings (SSSR count). The van der Waals surface area contributed by atoms with E-state index in [0.29, 0.717) is 19.6 Å². The second kappa shape index (κ2) is 5.40. The van der Waals surface area contributed by atoms with E-state index in [1.165, 1.54) is 0 Å². The molecule has 1 saturated heterocycles. The average molecular weight is 249 g/mol. The van der Waals surface area contributed by atoms with Gasteiger partial charge in [0.1, 0.15) is 5.75 Å². The van der Waals surface area contributed by atoms with Crippen LogP contribution >= 0.6 is 0 Å². The van der Waals surface area contributed by atoms with Gasteiger partial charge in [0.25, 0.3) is 0 Å². The van der Waals surface area contributed by atoms with Crippen molar-refractivity contribution in [2.75, 3.05) is 13.2 Å². The summed E-state index contributed by atoms with van der Waals surface area (Å²) in [7, 11) is 0. The Balaban J connectivity index is 2.02. The van der Waals surface area contributed by atoms with E-state index >= 15 is 0 Å². The van der Waals surface area contributed by atoms with E-state index in [4.69, 9.17) is 4.74 Å². The summed E-state index contributed by atoms with van der Waals surface area (Å²) in [5, 5.41) is 9.39. The number of benzene rings is 1. The van der Waals surface area contributed by atoms with Crippen molar-refractivity contribution in [3.63, 3.8) is 0 Å². The van der Waals surface area contributed by atoms with E-state index in [1.807, 2.05) is 24.8 Å². The molecule has 1 aliphatic rings. The molecule has 0 aliphatic carbocycles.